The molecular formula is C20H22N2O3. The molecule has 2 aromatic rings. The van der Waals surface area contributed by atoms with Crippen molar-refractivity contribution in [3.63, 3.8) is 0 Å². The van der Waals surface area contributed by atoms with Crippen molar-refractivity contribution in [3.05, 3.63) is 53.6 Å². The van der Waals surface area contributed by atoms with Crippen LogP contribution in [0.5, 0.6) is 5.75 Å². The Morgan fingerprint density at radius 1 is 1.16 bits per heavy atom. The second-order valence-electron chi connectivity index (χ2n) is 6.19. The molecule has 1 N–H and O–H groups in total. The van der Waals surface area contributed by atoms with Crippen LogP contribution in [-0.4, -0.2) is 24.5 Å². The van der Waals surface area contributed by atoms with Gasteiger partial charge in [-0.25, -0.2) is 4.90 Å². The van der Waals surface area contributed by atoms with Crippen molar-refractivity contribution in [2.24, 2.45) is 0 Å². The van der Waals surface area contributed by atoms with Crippen LogP contribution in [0.3, 0.4) is 0 Å². The van der Waals surface area contributed by atoms with Crippen molar-refractivity contribution in [3.8, 4) is 5.75 Å². The number of anilines is 2. The normalized spacial score (nSPS) is 17.1. The summed E-state index contributed by atoms with van der Waals surface area (Å²) in [5.41, 5.74) is 3.39. The number of amides is 2. The van der Waals surface area contributed by atoms with Crippen LogP contribution in [0.1, 0.15) is 24.5 Å². The van der Waals surface area contributed by atoms with Gasteiger partial charge in [0, 0.05) is 0 Å². The Labute approximate surface area is 147 Å². The topological polar surface area (TPSA) is 58.6 Å². The molecule has 1 aliphatic rings. The molecule has 25 heavy (non-hydrogen) atoms. The van der Waals surface area contributed by atoms with Crippen molar-refractivity contribution in [1.82, 2.24) is 0 Å². The van der Waals surface area contributed by atoms with Crippen molar-refractivity contribution < 1.29 is 14.3 Å². The van der Waals surface area contributed by atoms with Gasteiger partial charge in [0.2, 0.25) is 5.91 Å². The maximum Gasteiger partial charge on any atom is 0.256 e. The fraction of sp³-hybridized carbons (Fsp3) is 0.300. The van der Waals surface area contributed by atoms with Crippen LogP contribution < -0.4 is 15.0 Å². The Kier molecular flexibility index (Phi) is 4.74. The van der Waals surface area contributed by atoms with E-state index in [0.29, 0.717) is 18.0 Å². The lowest BCUT2D eigenvalue weighted by molar-refractivity contribution is -0.121. The van der Waals surface area contributed by atoms with Crippen LogP contribution >= 0.6 is 0 Å². The molecular weight excluding hydrogens is 316 g/mol. The first-order valence-electron chi connectivity index (χ1n) is 8.43. The molecule has 1 aliphatic heterocycles. The molecule has 1 unspecified atom stereocenters. The first-order valence-corrected chi connectivity index (χ1v) is 8.43. The molecule has 0 saturated carbocycles. The Morgan fingerprint density at radius 2 is 1.92 bits per heavy atom. The fourth-order valence-corrected chi connectivity index (χ4v) is 3.11. The minimum absolute atomic E-state index is 0.132. The molecule has 2 amide bonds. The van der Waals surface area contributed by atoms with Gasteiger partial charge in [0.15, 0.2) is 0 Å². The highest BCUT2D eigenvalue weighted by molar-refractivity contribution is 6.23. The first kappa shape index (κ1) is 17.0. The van der Waals surface area contributed by atoms with E-state index in [2.05, 4.69) is 5.32 Å². The van der Waals surface area contributed by atoms with Crippen molar-refractivity contribution >= 4 is 23.2 Å². The molecule has 5 heteroatoms. The van der Waals surface area contributed by atoms with E-state index in [9.17, 15) is 9.59 Å². The van der Waals surface area contributed by atoms with Gasteiger partial charge in [-0.3, -0.25) is 9.59 Å². The summed E-state index contributed by atoms with van der Waals surface area (Å²) in [5.74, 6) is 0.252. The van der Waals surface area contributed by atoms with Gasteiger partial charge < -0.3 is 10.1 Å². The number of nitrogens with one attached hydrogen (secondary N) is 1. The van der Waals surface area contributed by atoms with Crippen LogP contribution in [0.4, 0.5) is 11.4 Å². The standard InChI is InChI=1S/C20H22N2O3/c1-4-25-18-8-6-5-7-15(18)21-16-12-19(23)22(20(16)24)17-10-9-13(2)11-14(17)3/h5-11,16,21H,4,12H2,1-3H3. The number of carbonyl (C=O) groups is 2. The number of rotatable bonds is 5. The number of benzene rings is 2. The maximum absolute atomic E-state index is 12.8. The van der Waals surface area contributed by atoms with Crippen LogP contribution in [0.2, 0.25) is 0 Å². The van der Waals surface area contributed by atoms with Gasteiger partial charge in [0.05, 0.1) is 24.4 Å². The summed E-state index contributed by atoms with van der Waals surface area (Å²) in [6, 6.07) is 12.6. The third-order valence-electron chi connectivity index (χ3n) is 4.26. The van der Waals surface area contributed by atoms with Crippen molar-refractivity contribution in [2.75, 3.05) is 16.8 Å². The molecule has 0 spiro atoms. The van der Waals surface area contributed by atoms with Gasteiger partial charge in [0.25, 0.3) is 5.91 Å². The lowest BCUT2D eigenvalue weighted by atomic mass is 10.1. The number of para-hydroxylation sites is 2. The van der Waals surface area contributed by atoms with E-state index in [4.69, 9.17) is 4.74 Å². The second-order valence-corrected chi connectivity index (χ2v) is 6.19. The van der Waals surface area contributed by atoms with Gasteiger partial charge in [-0.15, -0.1) is 0 Å². The van der Waals surface area contributed by atoms with E-state index in [-0.39, 0.29) is 18.2 Å². The molecule has 1 fully saturated rings. The summed E-state index contributed by atoms with van der Waals surface area (Å²) < 4.78 is 5.58. The van der Waals surface area contributed by atoms with Gasteiger partial charge in [-0.1, -0.05) is 29.8 Å². The van der Waals surface area contributed by atoms with Gasteiger partial charge in [-0.2, -0.15) is 0 Å². The minimum atomic E-state index is -0.588. The number of ether oxygens (including phenoxy) is 1. The van der Waals surface area contributed by atoms with Gasteiger partial charge in [0.1, 0.15) is 11.8 Å². The fourth-order valence-electron chi connectivity index (χ4n) is 3.11. The quantitative estimate of drug-likeness (QED) is 0.849. The Hall–Kier alpha value is -2.82. The maximum atomic E-state index is 12.8. The molecule has 1 saturated heterocycles. The molecule has 0 aromatic heterocycles. The number of nitrogens with zero attached hydrogens (tertiary/aromatic N) is 1. The summed E-state index contributed by atoms with van der Waals surface area (Å²) in [6.45, 7) is 6.33. The largest absolute Gasteiger partial charge is 0.492 e. The lowest BCUT2D eigenvalue weighted by Gasteiger charge is -2.19. The zero-order chi connectivity index (χ0) is 18.0. The molecule has 0 radical (unpaired) electrons. The SMILES string of the molecule is CCOc1ccccc1NC1CC(=O)N(c2ccc(C)cc2C)C1=O. The number of carbonyl (C=O) groups excluding carboxylic acids is 2. The Morgan fingerprint density at radius 3 is 2.64 bits per heavy atom. The smallest absolute Gasteiger partial charge is 0.256 e. The minimum Gasteiger partial charge on any atom is -0.492 e. The molecule has 0 bridgehead atoms. The average Bonchev–Trinajstić information content (AvgIpc) is 2.84. The van der Waals surface area contributed by atoms with Crippen LogP contribution in [0.15, 0.2) is 42.5 Å². The van der Waals surface area contributed by atoms with Crippen molar-refractivity contribution in [2.45, 2.75) is 33.2 Å². The molecule has 3 rings (SSSR count). The van der Waals surface area contributed by atoms with Crippen LogP contribution in [0.25, 0.3) is 0 Å². The molecule has 0 aliphatic carbocycles. The van der Waals surface area contributed by atoms with E-state index in [1.165, 1.54) is 4.90 Å². The highest BCUT2D eigenvalue weighted by atomic mass is 16.5. The summed E-state index contributed by atoms with van der Waals surface area (Å²) in [4.78, 5) is 26.6. The zero-order valence-electron chi connectivity index (χ0n) is 14.7. The van der Waals surface area contributed by atoms with E-state index in [1.807, 2.05) is 63.2 Å². The third kappa shape index (κ3) is 3.36. The molecule has 1 atom stereocenters. The lowest BCUT2D eigenvalue weighted by Crippen LogP contribution is -2.35. The van der Waals surface area contributed by atoms with E-state index in [1.54, 1.807) is 0 Å². The van der Waals surface area contributed by atoms with Crippen LogP contribution in [0, 0.1) is 13.8 Å². The van der Waals surface area contributed by atoms with Gasteiger partial charge in [-0.05, 0) is 44.5 Å². The van der Waals surface area contributed by atoms with Crippen LogP contribution in [-0.2, 0) is 9.59 Å². The van der Waals surface area contributed by atoms with E-state index < -0.39 is 6.04 Å². The first-order chi connectivity index (χ1) is 12.0. The number of hydrogen-bond acceptors (Lipinski definition) is 4. The molecule has 1 heterocycles. The van der Waals surface area contributed by atoms with Crippen molar-refractivity contribution in [1.29, 1.82) is 0 Å². The monoisotopic (exact) mass is 338 g/mol. The highest BCUT2D eigenvalue weighted by Gasteiger charge is 2.40. The predicted molar refractivity (Wildman–Crippen MR) is 98.0 cm³/mol. The third-order valence-corrected chi connectivity index (χ3v) is 4.26. The average molecular weight is 338 g/mol. The summed E-state index contributed by atoms with van der Waals surface area (Å²) in [7, 11) is 0. The molecule has 130 valence electrons. The number of imide groups is 1. The number of hydrogen-bond donors (Lipinski definition) is 1. The second kappa shape index (κ2) is 6.97. The summed E-state index contributed by atoms with van der Waals surface area (Å²) in [5, 5.41) is 3.17. The summed E-state index contributed by atoms with van der Waals surface area (Å²) in [6.07, 6.45) is 0.132. The zero-order valence-corrected chi connectivity index (χ0v) is 14.7. The molecule has 2 aromatic carbocycles. The van der Waals surface area contributed by atoms with Gasteiger partial charge >= 0.3 is 0 Å². The predicted octanol–water partition coefficient (Wildman–Crippen LogP) is 3.45. The van der Waals surface area contributed by atoms with E-state index in [0.717, 1.165) is 16.8 Å². The molecule has 5 nitrogen and oxygen atoms in total. The van der Waals surface area contributed by atoms with E-state index >= 15 is 0 Å². The number of aryl methyl sites for hydroxylation is 2. The highest BCUT2D eigenvalue weighted by Crippen LogP contribution is 2.30. The Bertz CT molecular complexity index is 816. The summed E-state index contributed by atoms with van der Waals surface area (Å²) >= 11 is 0. The Balaban J connectivity index is 1.84.